The van der Waals surface area contributed by atoms with Gasteiger partial charge in [0.15, 0.2) is 0 Å². The number of rotatable bonds is 1. The molecule has 0 heterocycles. The van der Waals surface area contributed by atoms with Gasteiger partial charge in [-0.25, -0.2) is 0 Å². The molecule has 53 valence electrons. The van der Waals surface area contributed by atoms with Crippen molar-refractivity contribution < 1.29 is 4.92 Å². The fourth-order valence-corrected chi connectivity index (χ4v) is 0.789. The number of hydrogen-bond acceptors (Lipinski definition) is 2. The summed E-state index contributed by atoms with van der Waals surface area (Å²) < 4.78 is 0. The molecule has 1 radical (unpaired) electrons. The molecule has 4 heteroatoms. The van der Waals surface area contributed by atoms with E-state index in [0.717, 1.165) is 0 Å². The number of halogens is 1. The van der Waals surface area contributed by atoms with Crippen molar-refractivity contribution >= 4 is 11.6 Å². The summed E-state index contributed by atoms with van der Waals surface area (Å²) in [6, 6.07) is 0.185. The van der Waals surface area contributed by atoms with Gasteiger partial charge in [-0.2, -0.15) is 0 Å². The summed E-state index contributed by atoms with van der Waals surface area (Å²) in [5.41, 5.74) is 0. The van der Waals surface area contributed by atoms with Crippen molar-refractivity contribution in [2.24, 2.45) is 0 Å². The second kappa shape index (κ2) is 2.84. The van der Waals surface area contributed by atoms with Crippen molar-refractivity contribution in [3.05, 3.63) is 39.4 Å². The summed E-state index contributed by atoms with van der Waals surface area (Å²) in [5, 5.41) is 10.7. The molecule has 0 atom stereocenters. The van der Waals surface area contributed by atoms with E-state index in [0.29, 0.717) is 11.5 Å². The Morgan fingerprint density at radius 2 is 2.30 bits per heavy atom. The minimum absolute atomic E-state index is 0.185. The number of allylic oxidation sites excluding steroid dienone is 2. The summed E-state index contributed by atoms with van der Waals surface area (Å²) in [6.07, 6.45) is 4.87. The van der Waals surface area contributed by atoms with Crippen LogP contribution in [-0.4, -0.2) is 4.92 Å². The molecule has 0 saturated heterocycles. The Bertz CT molecular complexity index is 210. The number of nitrogens with zero attached hydrogens (tertiary/aromatic N) is 1. The SMILES string of the molecule is O=[N+]([O-])[C]1C=CC(Cl)=CC1. The van der Waals surface area contributed by atoms with Crippen LogP contribution in [0.25, 0.3) is 0 Å². The Hall–Kier alpha value is -0.830. The van der Waals surface area contributed by atoms with Crippen LogP contribution in [0.1, 0.15) is 6.42 Å². The third-order valence-electron chi connectivity index (χ3n) is 1.18. The lowest BCUT2D eigenvalue weighted by Gasteiger charge is -2.02. The van der Waals surface area contributed by atoms with Gasteiger partial charge < -0.3 is 0 Å². The van der Waals surface area contributed by atoms with Crippen molar-refractivity contribution in [1.29, 1.82) is 0 Å². The third-order valence-corrected chi connectivity index (χ3v) is 1.46. The fourth-order valence-electron chi connectivity index (χ4n) is 0.649. The zero-order valence-electron chi connectivity index (χ0n) is 5.08. The molecular weight excluding hydrogens is 154 g/mol. The van der Waals surface area contributed by atoms with Crippen molar-refractivity contribution in [1.82, 2.24) is 0 Å². The Morgan fingerprint density at radius 1 is 1.60 bits per heavy atom. The van der Waals surface area contributed by atoms with E-state index in [1.54, 1.807) is 6.08 Å². The van der Waals surface area contributed by atoms with E-state index in [2.05, 4.69) is 0 Å². The normalized spacial score (nSPS) is 18.7. The lowest BCUT2D eigenvalue weighted by Crippen LogP contribution is -2.07. The molecule has 1 rings (SSSR count). The van der Waals surface area contributed by atoms with Crippen molar-refractivity contribution in [3.8, 4) is 0 Å². The molecule has 0 saturated carbocycles. The first-order valence-electron chi connectivity index (χ1n) is 2.74. The van der Waals surface area contributed by atoms with E-state index in [1.165, 1.54) is 12.2 Å². The maximum absolute atomic E-state index is 10.1. The van der Waals surface area contributed by atoms with Gasteiger partial charge in [0, 0.05) is 22.5 Å². The summed E-state index contributed by atoms with van der Waals surface area (Å²) in [6.45, 7) is 0. The molecule has 0 unspecified atom stereocenters. The molecule has 1 aliphatic rings. The molecule has 0 fully saturated rings. The first-order valence-corrected chi connectivity index (χ1v) is 3.12. The second-order valence-electron chi connectivity index (χ2n) is 1.87. The van der Waals surface area contributed by atoms with E-state index in [1.807, 2.05) is 0 Å². The van der Waals surface area contributed by atoms with Crippen LogP contribution in [0.3, 0.4) is 0 Å². The average molecular weight is 159 g/mol. The van der Waals surface area contributed by atoms with Crippen LogP contribution in [0.5, 0.6) is 0 Å². The van der Waals surface area contributed by atoms with E-state index >= 15 is 0 Å². The lowest BCUT2D eigenvalue weighted by atomic mass is 10.1. The van der Waals surface area contributed by atoms with Crippen LogP contribution in [-0.2, 0) is 0 Å². The summed E-state index contributed by atoms with van der Waals surface area (Å²) in [5.74, 6) is 0. The highest BCUT2D eigenvalue weighted by Gasteiger charge is 2.20. The van der Waals surface area contributed by atoms with Gasteiger partial charge in [0.2, 0.25) is 0 Å². The molecule has 0 aliphatic heterocycles. The topological polar surface area (TPSA) is 43.1 Å². The highest BCUT2D eigenvalue weighted by Crippen LogP contribution is 2.20. The highest BCUT2D eigenvalue weighted by molar-refractivity contribution is 6.31. The first kappa shape index (κ1) is 7.28. The minimum Gasteiger partial charge on any atom is -0.263 e. The molecule has 0 aromatic rings. The van der Waals surface area contributed by atoms with Crippen molar-refractivity contribution in [2.75, 3.05) is 0 Å². The maximum atomic E-state index is 10.1. The summed E-state index contributed by atoms with van der Waals surface area (Å²) >= 11 is 5.53. The van der Waals surface area contributed by atoms with E-state index in [-0.39, 0.29) is 6.04 Å². The Kier molecular flexibility index (Phi) is 2.06. The molecule has 0 N–H and O–H groups in total. The van der Waals surface area contributed by atoms with Crippen LogP contribution in [0.2, 0.25) is 0 Å². The monoisotopic (exact) mass is 158 g/mol. The Labute approximate surface area is 63.1 Å². The first-order chi connectivity index (χ1) is 4.70. The zero-order valence-corrected chi connectivity index (χ0v) is 5.84. The van der Waals surface area contributed by atoms with Gasteiger partial charge in [0.1, 0.15) is 0 Å². The van der Waals surface area contributed by atoms with Gasteiger partial charge in [-0.05, 0) is 6.08 Å². The predicted octanol–water partition coefficient (Wildman–Crippen LogP) is 1.88. The standard InChI is InChI=1S/C6H5ClNO2/c7-5-1-3-6(4-2-5)8(9)10/h1-3H,4H2. The minimum atomic E-state index is -0.406. The van der Waals surface area contributed by atoms with Gasteiger partial charge in [-0.1, -0.05) is 17.7 Å². The smallest absolute Gasteiger partial charge is 0.263 e. The number of hydrogen-bond donors (Lipinski definition) is 0. The zero-order chi connectivity index (χ0) is 7.56. The third kappa shape index (κ3) is 1.57. The van der Waals surface area contributed by atoms with Crippen LogP contribution in [0.4, 0.5) is 0 Å². The van der Waals surface area contributed by atoms with E-state index < -0.39 is 4.92 Å². The Morgan fingerprint density at radius 3 is 2.70 bits per heavy atom. The number of nitro groups is 1. The molecule has 0 aromatic carbocycles. The molecule has 1 aliphatic carbocycles. The van der Waals surface area contributed by atoms with Crippen LogP contribution < -0.4 is 0 Å². The predicted molar refractivity (Wildman–Crippen MR) is 37.9 cm³/mol. The largest absolute Gasteiger partial charge is 0.316 e. The van der Waals surface area contributed by atoms with E-state index in [9.17, 15) is 10.1 Å². The van der Waals surface area contributed by atoms with Gasteiger partial charge in [0.25, 0.3) is 0 Å². The van der Waals surface area contributed by atoms with Gasteiger partial charge in [0.05, 0.1) is 0 Å². The maximum Gasteiger partial charge on any atom is 0.316 e. The second-order valence-corrected chi connectivity index (χ2v) is 2.31. The lowest BCUT2D eigenvalue weighted by molar-refractivity contribution is -0.457. The van der Waals surface area contributed by atoms with Crippen LogP contribution >= 0.6 is 11.6 Å². The fraction of sp³-hybridized carbons (Fsp3) is 0.167. The molecule has 0 amide bonds. The molecule has 0 spiro atoms. The molecule has 3 nitrogen and oxygen atoms in total. The Balaban J connectivity index is 2.60. The highest BCUT2D eigenvalue weighted by atomic mass is 35.5. The quantitative estimate of drug-likeness (QED) is 0.432. The van der Waals surface area contributed by atoms with Gasteiger partial charge in [-0.3, -0.25) is 10.1 Å². The summed E-state index contributed by atoms with van der Waals surface area (Å²) in [7, 11) is 0. The van der Waals surface area contributed by atoms with Gasteiger partial charge in [-0.15, -0.1) is 0 Å². The molecule has 0 bridgehead atoms. The molecule has 10 heavy (non-hydrogen) atoms. The van der Waals surface area contributed by atoms with E-state index in [4.69, 9.17) is 11.6 Å². The average Bonchev–Trinajstić information content (AvgIpc) is 1.88. The summed E-state index contributed by atoms with van der Waals surface area (Å²) in [4.78, 5) is 9.70. The van der Waals surface area contributed by atoms with Crippen LogP contribution in [0.15, 0.2) is 23.3 Å². The van der Waals surface area contributed by atoms with Crippen LogP contribution in [0, 0.1) is 16.2 Å². The molecule has 0 aromatic heterocycles. The van der Waals surface area contributed by atoms with Crippen molar-refractivity contribution in [2.45, 2.75) is 6.42 Å². The molecular formula is C6H5ClNO2. The van der Waals surface area contributed by atoms with Gasteiger partial charge >= 0.3 is 6.04 Å². The van der Waals surface area contributed by atoms with Crippen molar-refractivity contribution in [3.63, 3.8) is 0 Å².